The smallest absolute Gasteiger partial charge is 0.296 e. The van der Waals surface area contributed by atoms with Crippen LogP contribution in [-0.4, -0.2) is 57.9 Å². The molecule has 186 valence electrons. The van der Waals surface area contributed by atoms with Gasteiger partial charge in [0, 0.05) is 31.1 Å². The van der Waals surface area contributed by atoms with Crippen LogP contribution in [-0.2, 0) is 17.1 Å². The summed E-state index contributed by atoms with van der Waals surface area (Å²) in [4.78, 5) is 21.3. The van der Waals surface area contributed by atoms with Crippen molar-refractivity contribution in [1.82, 2.24) is 24.6 Å². The first-order valence-corrected chi connectivity index (χ1v) is 10.5. The Bertz CT molecular complexity index is 1280. The van der Waals surface area contributed by atoms with Gasteiger partial charge in [0.15, 0.2) is 28.8 Å². The fourth-order valence-electron chi connectivity index (χ4n) is 4.17. The molecule has 0 spiro atoms. The predicted octanol–water partition coefficient (Wildman–Crippen LogP) is 3.00. The van der Waals surface area contributed by atoms with E-state index in [9.17, 15) is 13.6 Å². The second kappa shape index (κ2) is 9.04. The summed E-state index contributed by atoms with van der Waals surface area (Å²) in [5.74, 6) is -7.94. The van der Waals surface area contributed by atoms with Gasteiger partial charge in [0.1, 0.15) is 17.8 Å². The Balaban J connectivity index is 1.81. The standard InChI is InChI=1S/C22H22F4N6O3/c1-4-15(33)31-6-5-11(9-31)32-21-16(20(27)28-10-29-21)19(30-32)22(25,26)8-12-17(23)13(34-2)7-14(35-3)18(12)24/h4,7,10-11H,1,5-6,8-9H2,2-3H3,(H2,27,28,29)/t11-/m0/s1. The minimum atomic E-state index is -3.89. The Labute approximate surface area is 197 Å². The van der Waals surface area contributed by atoms with Crippen molar-refractivity contribution in [3.8, 4) is 11.5 Å². The molecule has 0 saturated carbocycles. The summed E-state index contributed by atoms with van der Waals surface area (Å²) < 4.78 is 71.9. The Hall–Kier alpha value is -3.90. The van der Waals surface area contributed by atoms with Crippen LogP contribution >= 0.6 is 0 Å². The zero-order chi connectivity index (χ0) is 25.5. The number of likely N-dealkylation sites (tertiary alicyclic amines) is 1. The van der Waals surface area contributed by atoms with Crippen molar-refractivity contribution in [2.45, 2.75) is 24.8 Å². The molecule has 3 aromatic rings. The van der Waals surface area contributed by atoms with E-state index in [4.69, 9.17) is 15.2 Å². The molecule has 1 saturated heterocycles. The van der Waals surface area contributed by atoms with E-state index < -0.39 is 52.8 Å². The molecule has 1 aliphatic heterocycles. The fraction of sp³-hybridized carbons (Fsp3) is 0.364. The molecule has 3 heterocycles. The zero-order valence-electron chi connectivity index (χ0n) is 18.9. The van der Waals surface area contributed by atoms with Crippen molar-refractivity contribution in [1.29, 1.82) is 0 Å². The third-order valence-electron chi connectivity index (χ3n) is 5.92. The van der Waals surface area contributed by atoms with Crippen LogP contribution in [0.3, 0.4) is 0 Å². The highest BCUT2D eigenvalue weighted by molar-refractivity contribution is 5.89. The third-order valence-corrected chi connectivity index (χ3v) is 5.92. The van der Waals surface area contributed by atoms with Crippen LogP contribution in [0.4, 0.5) is 23.4 Å². The quantitative estimate of drug-likeness (QED) is 0.397. The summed E-state index contributed by atoms with van der Waals surface area (Å²) in [6.07, 6.45) is 1.28. The minimum Gasteiger partial charge on any atom is -0.494 e. The number of amides is 1. The highest BCUT2D eigenvalue weighted by Crippen LogP contribution is 2.41. The van der Waals surface area contributed by atoms with E-state index in [0.717, 1.165) is 32.7 Å². The first-order chi connectivity index (χ1) is 16.6. The predicted molar refractivity (Wildman–Crippen MR) is 117 cm³/mol. The van der Waals surface area contributed by atoms with Gasteiger partial charge in [0.05, 0.1) is 25.6 Å². The van der Waals surface area contributed by atoms with Crippen molar-refractivity contribution < 1.29 is 31.8 Å². The van der Waals surface area contributed by atoms with Gasteiger partial charge in [-0.1, -0.05) is 6.58 Å². The average Bonchev–Trinajstić information content (AvgIpc) is 3.48. The normalized spacial score (nSPS) is 16.1. The minimum absolute atomic E-state index is 0.0224. The van der Waals surface area contributed by atoms with E-state index in [0.29, 0.717) is 13.0 Å². The monoisotopic (exact) mass is 494 g/mol. The van der Waals surface area contributed by atoms with E-state index in [1.807, 2.05) is 0 Å². The molecule has 4 rings (SSSR count). The highest BCUT2D eigenvalue weighted by atomic mass is 19.3. The lowest BCUT2D eigenvalue weighted by atomic mass is 10.0. The molecular formula is C22H22F4N6O3. The van der Waals surface area contributed by atoms with Gasteiger partial charge in [-0.05, 0) is 12.5 Å². The first-order valence-electron chi connectivity index (χ1n) is 10.5. The van der Waals surface area contributed by atoms with Gasteiger partial charge in [-0.15, -0.1) is 0 Å². The molecule has 9 nitrogen and oxygen atoms in total. The lowest BCUT2D eigenvalue weighted by Gasteiger charge is -2.18. The van der Waals surface area contributed by atoms with Gasteiger partial charge in [-0.2, -0.15) is 13.9 Å². The number of benzene rings is 1. The number of methoxy groups -OCH3 is 2. The van der Waals surface area contributed by atoms with E-state index in [1.54, 1.807) is 0 Å². The molecule has 0 aliphatic carbocycles. The van der Waals surface area contributed by atoms with Gasteiger partial charge in [0.2, 0.25) is 5.91 Å². The molecule has 0 bridgehead atoms. The van der Waals surface area contributed by atoms with Crippen molar-refractivity contribution in [3.63, 3.8) is 0 Å². The molecule has 1 aliphatic rings. The second-order valence-corrected chi connectivity index (χ2v) is 7.95. The summed E-state index contributed by atoms with van der Waals surface area (Å²) in [5.41, 5.74) is 4.16. The molecule has 1 fully saturated rings. The number of fused-ring (bicyclic) bond motifs is 1. The fourth-order valence-corrected chi connectivity index (χ4v) is 4.17. The summed E-state index contributed by atoms with van der Waals surface area (Å²) in [6, 6.07) is 0.448. The van der Waals surface area contributed by atoms with Crippen molar-refractivity contribution in [2.75, 3.05) is 33.0 Å². The summed E-state index contributed by atoms with van der Waals surface area (Å²) in [7, 11) is 2.24. The van der Waals surface area contributed by atoms with Crippen LogP contribution < -0.4 is 15.2 Å². The maximum atomic E-state index is 15.7. The lowest BCUT2D eigenvalue weighted by molar-refractivity contribution is -0.125. The van der Waals surface area contributed by atoms with E-state index in [-0.39, 0.29) is 29.3 Å². The van der Waals surface area contributed by atoms with Gasteiger partial charge < -0.3 is 20.1 Å². The number of anilines is 1. The van der Waals surface area contributed by atoms with E-state index >= 15 is 8.78 Å². The van der Waals surface area contributed by atoms with Crippen molar-refractivity contribution in [3.05, 3.63) is 47.9 Å². The molecule has 1 amide bonds. The maximum absolute atomic E-state index is 15.7. The molecule has 13 heteroatoms. The molecule has 1 atom stereocenters. The van der Waals surface area contributed by atoms with Crippen LogP contribution in [0.1, 0.15) is 23.7 Å². The van der Waals surface area contributed by atoms with Gasteiger partial charge in [-0.3, -0.25) is 4.79 Å². The number of rotatable bonds is 7. The number of halogens is 4. The number of hydrogen-bond donors (Lipinski definition) is 1. The molecule has 0 radical (unpaired) electrons. The SMILES string of the molecule is C=CC(=O)N1CC[C@H](n2nc(C(F)(F)Cc3c(F)c(OC)cc(OC)c3F)c3c(N)ncnc32)C1. The number of aromatic nitrogens is 4. The van der Waals surface area contributed by atoms with Crippen LogP contribution in [0.5, 0.6) is 11.5 Å². The zero-order valence-corrected chi connectivity index (χ0v) is 18.9. The summed E-state index contributed by atoms with van der Waals surface area (Å²) in [6.45, 7) is 4.00. The van der Waals surface area contributed by atoms with Crippen LogP contribution in [0, 0.1) is 11.6 Å². The Morgan fingerprint density at radius 3 is 2.51 bits per heavy atom. The average molecular weight is 494 g/mol. The van der Waals surface area contributed by atoms with Gasteiger partial charge in [-0.25, -0.2) is 23.4 Å². The van der Waals surface area contributed by atoms with Crippen molar-refractivity contribution >= 4 is 22.8 Å². The Kier molecular flexibility index (Phi) is 6.26. The number of nitrogens with zero attached hydrogens (tertiary/aromatic N) is 5. The molecule has 2 aromatic heterocycles. The maximum Gasteiger partial charge on any atom is 0.296 e. The van der Waals surface area contributed by atoms with E-state index in [2.05, 4.69) is 21.6 Å². The summed E-state index contributed by atoms with van der Waals surface area (Å²) in [5, 5.41) is 3.84. The first kappa shape index (κ1) is 24.2. The van der Waals surface area contributed by atoms with Crippen molar-refractivity contribution in [2.24, 2.45) is 0 Å². The van der Waals surface area contributed by atoms with Gasteiger partial charge >= 0.3 is 0 Å². The Morgan fingerprint density at radius 2 is 1.91 bits per heavy atom. The van der Waals surface area contributed by atoms with Crippen LogP contribution in [0.15, 0.2) is 25.0 Å². The Morgan fingerprint density at radius 1 is 1.26 bits per heavy atom. The largest absolute Gasteiger partial charge is 0.494 e. The number of alkyl halides is 2. The summed E-state index contributed by atoms with van der Waals surface area (Å²) >= 11 is 0. The van der Waals surface area contributed by atoms with Crippen LogP contribution in [0.2, 0.25) is 0 Å². The molecule has 1 aromatic carbocycles. The third kappa shape index (κ3) is 4.10. The number of ether oxygens (including phenoxy) is 2. The second-order valence-electron chi connectivity index (χ2n) is 7.95. The number of hydrogen-bond acceptors (Lipinski definition) is 7. The topological polar surface area (TPSA) is 108 Å². The lowest BCUT2D eigenvalue weighted by Crippen LogP contribution is -2.27. The molecule has 35 heavy (non-hydrogen) atoms. The number of carbonyl (C=O) groups is 1. The highest BCUT2D eigenvalue weighted by Gasteiger charge is 2.42. The van der Waals surface area contributed by atoms with E-state index in [1.165, 1.54) is 9.58 Å². The molecule has 0 unspecified atom stereocenters. The molecular weight excluding hydrogens is 472 g/mol. The van der Waals surface area contributed by atoms with Gasteiger partial charge in [0.25, 0.3) is 5.92 Å². The number of carbonyl (C=O) groups excluding carboxylic acids is 1. The number of nitrogen functional groups attached to an aromatic ring is 1. The molecule has 2 N–H and O–H groups in total. The van der Waals surface area contributed by atoms with Crippen LogP contribution in [0.25, 0.3) is 11.0 Å². The number of nitrogens with two attached hydrogens (primary N) is 1.